The van der Waals surface area contributed by atoms with E-state index in [1.165, 1.54) is 12.8 Å². The van der Waals surface area contributed by atoms with Gasteiger partial charge in [0.2, 0.25) is 5.91 Å². The first kappa shape index (κ1) is 15.1. The molecule has 0 unspecified atom stereocenters. The van der Waals surface area contributed by atoms with Crippen LogP contribution >= 0.6 is 0 Å². The van der Waals surface area contributed by atoms with Crippen molar-refractivity contribution >= 4 is 11.7 Å². The molecule has 0 atom stereocenters. The fourth-order valence-corrected chi connectivity index (χ4v) is 3.48. The molecule has 0 aromatic heterocycles. The van der Waals surface area contributed by atoms with Gasteiger partial charge in [0.1, 0.15) is 0 Å². The van der Waals surface area contributed by atoms with Gasteiger partial charge < -0.3 is 15.8 Å². The molecule has 3 N–H and O–H groups in total. The molecule has 6 heteroatoms. The minimum Gasteiger partial charge on any atom is -0.409 e. The first-order chi connectivity index (χ1) is 9.61. The smallest absolute Gasteiger partial charge is 0.228 e. The third kappa shape index (κ3) is 3.06. The molecule has 0 spiro atoms. The number of piperazine rings is 1. The highest BCUT2D eigenvalue weighted by Crippen LogP contribution is 2.42. The maximum atomic E-state index is 12.8. The fraction of sp³-hybridized carbons (Fsp3) is 0.857. The second kappa shape index (κ2) is 6.43. The van der Waals surface area contributed by atoms with E-state index in [2.05, 4.69) is 17.0 Å². The van der Waals surface area contributed by atoms with Gasteiger partial charge in [0, 0.05) is 31.6 Å². The summed E-state index contributed by atoms with van der Waals surface area (Å²) in [4.78, 5) is 16.9. The molecule has 6 nitrogen and oxygen atoms in total. The lowest BCUT2D eigenvalue weighted by molar-refractivity contribution is -0.143. The standard InChI is InChI=1S/C14H26N4O2/c1-2-14(5-3-4-6-14)13(19)18-9-7-17(8-10-18)11-12(15)16-20/h20H,2-11H2,1H3,(H2,15,16). The van der Waals surface area contributed by atoms with Crippen molar-refractivity contribution in [1.29, 1.82) is 0 Å². The van der Waals surface area contributed by atoms with Crippen molar-refractivity contribution in [3.8, 4) is 0 Å². The summed E-state index contributed by atoms with van der Waals surface area (Å²) in [7, 11) is 0. The van der Waals surface area contributed by atoms with Crippen molar-refractivity contribution in [3.05, 3.63) is 0 Å². The van der Waals surface area contributed by atoms with E-state index in [0.717, 1.165) is 45.4 Å². The number of hydrogen-bond acceptors (Lipinski definition) is 4. The van der Waals surface area contributed by atoms with Crippen LogP contribution in [0.25, 0.3) is 0 Å². The second-order valence-electron chi connectivity index (χ2n) is 6.00. The van der Waals surface area contributed by atoms with Crippen LogP contribution in [-0.4, -0.2) is 59.5 Å². The minimum absolute atomic E-state index is 0.0895. The summed E-state index contributed by atoms with van der Waals surface area (Å²) in [6.45, 7) is 5.69. The third-order valence-electron chi connectivity index (χ3n) is 4.86. The largest absolute Gasteiger partial charge is 0.409 e. The fourth-order valence-electron chi connectivity index (χ4n) is 3.48. The summed E-state index contributed by atoms with van der Waals surface area (Å²) in [5.74, 6) is 0.576. The Morgan fingerprint density at radius 3 is 2.35 bits per heavy atom. The van der Waals surface area contributed by atoms with Crippen LogP contribution in [0.2, 0.25) is 0 Å². The highest BCUT2D eigenvalue weighted by molar-refractivity contribution is 5.83. The predicted octanol–water partition coefficient (Wildman–Crippen LogP) is 0.847. The first-order valence-electron chi connectivity index (χ1n) is 7.59. The molecule has 1 heterocycles. The van der Waals surface area contributed by atoms with E-state index in [4.69, 9.17) is 10.9 Å². The summed E-state index contributed by atoms with van der Waals surface area (Å²) >= 11 is 0. The molecule has 0 bridgehead atoms. The van der Waals surface area contributed by atoms with Crippen molar-refractivity contribution in [2.45, 2.75) is 39.0 Å². The van der Waals surface area contributed by atoms with Crippen LogP contribution in [0.5, 0.6) is 0 Å². The van der Waals surface area contributed by atoms with Crippen molar-refractivity contribution in [2.75, 3.05) is 32.7 Å². The van der Waals surface area contributed by atoms with E-state index in [9.17, 15) is 4.79 Å². The minimum atomic E-state index is -0.0895. The lowest BCUT2D eigenvalue weighted by Crippen LogP contribution is -2.53. The summed E-state index contributed by atoms with van der Waals surface area (Å²) in [6.07, 6.45) is 5.42. The lowest BCUT2D eigenvalue weighted by atomic mass is 9.81. The van der Waals surface area contributed by atoms with Gasteiger partial charge in [-0.25, -0.2) is 0 Å². The molecule has 2 fully saturated rings. The molecule has 114 valence electrons. The first-order valence-corrected chi connectivity index (χ1v) is 7.59. The molecular formula is C14H26N4O2. The molecule has 1 saturated carbocycles. The van der Waals surface area contributed by atoms with E-state index in [1.54, 1.807) is 0 Å². The summed E-state index contributed by atoms with van der Waals surface area (Å²) in [5, 5.41) is 11.6. The number of nitrogens with two attached hydrogens (primary N) is 1. The van der Waals surface area contributed by atoms with E-state index in [1.807, 2.05) is 4.90 Å². The summed E-state index contributed by atoms with van der Waals surface area (Å²) in [6, 6.07) is 0. The van der Waals surface area contributed by atoms with Crippen LogP contribution in [0, 0.1) is 5.41 Å². The zero-order chi connectivity index (χ0) is 14.6. The molecule has 1 aliphatic carbocycles. The normalized spacial score (nSPS) is 24.1. The van der Waals surface area contributed by atoms with E-state index in [0.29, 0.717) is 12.5 Å². The van der Waals surface area contributed by atoms with Gasteiger partial charge in [-0.3, -0.25) is 9.69 Å². The van der Waals surface area contributed by atoms with Gasteiger partial charge >= 0.3 is 0 Å². The molecule has 0 aromatic rings. The van der Waals surface area contributed by atoms with Crippen LogP contribution in [-0.2, 0) is 4.79 Å². The van der Waals surface area contributed by atoms with Crippen LogP contribution in [0.1, 0.15) is 39.0 Å². The lowest BCUT2D eigenvalue weighted by Gasteiger charge is -2.39. The SMILES string of the molecule is CCC1(C(=O)N2CCN(CC(N)=NO)CC2)CCCC1. The number of amides is 1. The van der Waals surface area contributed by atoms with Crippen LogP contribution < -0.4 is 5.73 Å². The summed E-state index contributed by atoms with van der Waals surface area (Å²) in [5.41, 5.74) is 5.43. The molecule has 2 aliphatic rings. The van der Waals surface area contributed by atoms with Crippen molar-refractivity contribution < 1.29 is 10.0 Å². The van der Waals surface area contributed by atoms with Gasteiger partial charge in [-0.1, -0.05) is 24.9 Å². The average molecular weight is 282 g/mol. The second-order valence-corrected chi connectivity index (χ2v) is 6.00. The van der Waals surface area contributed by atoms with Gasteiger partial charge in [-0.05, 0) is 19.3 Å². The Morgan fingerprint density at radius 2 is 1.85 bits per heavy atom. The molecule has 20 heavy (non-hydrogen) atoms. The number of hydrogen-bond donors (Lipinski definition) is 2. The highest BCUT2D eigenvalue weighted by Gasteiger charge is 2.42. The van der Waals surface area contributed by atoms with E-state index < -0.39 is 0 Å². The molecule has 1 amide bonds. The highest BCUT2D eigenvalue weighted by atomic mass is 16.4. The number of oxime groups is 1. The number of nitrogens with zero attached hydrogens (tertiary/aromatic N) is 3. The Morgan fingerprint density at radius 1 is 1.25 bits per heavy atom. The van der Waals surface area contributed by atoms with Gasteiger partial charge in [-0.15, -0.1) is 0 Å². The zero-order valence-electron chi connectivity index (χ0n) is 12.3. The Hall–Kier alpha value is -1.30. The van der Waals surface area contributed by atoms with Crippen molar-refractivity contribution in [3.63, 3.8) is 0 Å². The van der Waals surface area contributed by atoms with Crippen molar-refractivity contribution in [2.24, 2.45) is 16.3 Å². The van der Waals surface area contributed by atoms with Crippen LogP contribution in [0.3, 0.4) is 0 Å². The molecule has 1 aliphatic heterocycles. The molecule has 1 saturated heterocycles. The topological polar surface area (TPSA) is 82.2 Å². The average Bonchev–Trinajstić information content (AvgIpc) is 2.97. The third-order valence-corrected chi connectivity index (χ3v) is 4.86. The van der Waals surface area contributed by atoms with Gasteiger partial charge in [0.15, 0.2) is 5.84 Å². The Bertz CT molecular complexity index is 369. The molecule has 2 rings (SSSR count). The van der Waals surface area contributed by atoms with Crippen LogP contribution in [0.15, 0.2) is 5.16 Å². The molecule has 0 aromatic carbocycles. The molecular weight excluding hydrogens is 256 g/mol. The summed E-state index contributed by atoms with van der Waals surface area (Å²) < 4.78 is 0. The predicted molar refractivity (Wildman–Crippen MR) is 77.6 cm³/mol. The van der Waals surface area contributed by atoms with E-state index in [-0.39, 0.29) is 11.3 Å². The monoisotopic (exact) mass is 282 g/mol. The Balaban J connectivity index is 1.88. The molecule has 0 radical (unpaired) electrons. The van der Waals surface area contributed by atoms with Gasteiger partial charge in [-0.2, -0.15) is 0 Å². The number of carbonyl (C=O) groups is 1. The maximum Gasteiger partial charge on any atom is 0.228 e. The quantitative estimate of drug-likeness (QED) is 0.346. The van der Waals surface area contributed by atoms with Crippen molar-refractivity contribution in [1.82, 2.24) is 9.80 Å². The Kier molecular flexibility index (Phi) is 4.86. The number of rotatable bonds is 4. The number of carbonyl (C=O) groups excluding carboxylic acids is 1. The zero-order valence-corrected chi connectivity index (χ0v) is 12.3. The van der Waals surface area contributed by atoms with Crippen LogP contribution in [0.4, 0.5) is 0 Å². The maximum absolute atomic E-state index is 12.8. The van der Waals surface area contributed by atoms with Gasteiger partial charge in [0.25, 0.3) is 0 Å². The Labute approximate surface area is 120 Å². The van der Waals surface area contributed by atoms with E-state index >= 15 is 0 Å². The van der Waals surface area contributed by atoms with Gasteiger partial charge in [0.05, 0.1) is 6.54 Å². The number of amidine groups is 1.